The van der Waals surface area contributed by atoms with Crippen LogP contribution >= 0.6 is 0 Å². The van der Waals surface area contributed by atoms with E-state index in [4.69, 9.17) is 23.5 Å². The Bertz CT molecular complexity index is 1130. The first-order chi connectivity index (χ1) is 28.6. The van der Waals surface area contributed by atoms with Gasteiger partial charge in [0.25, 0.3) is 0 Å². The molecule has 0 aromatic rings. The van der Waals surface area contributed by atoms with Crippen LogP contribution in [0.1, 0.15) is 200 Å². The maximum atomic E-state index is 12.8. The molecule has 12 nitrogen and oxygen atoms in total. The molecule has 0 saturated carbocycles. The molecule has 0 spiro atoms. The molecule has 1 fully saturated rings. The van der Waals surface area contributed by atoms with Crippen LogP contribution in [0.2, 0.25) is 0 Å². The minimum absolute atomic E-state index is 0.0342. The van der Waals surface area contributed by atoms with Crippen molar-refractivity contribution in [3.63, 3.8) is 0 Å². The lowest BCUT2D eigenvalue weighted by molar-refractivity contribution is -0.301. The van der Waals surface area contributed by atoms with Gasteiger partial charge in [-0.05, 0) is 64.2 Å². The van der Waals surface area contributed by atoms with Crippen LogP contribution in [0.3, 0.4) is 0 Å². The van der Waals surface area contributed by atoms with Crippen molar-refractivity contribution in [3.8, 4) is 0 Å². The van der Waals surface area contributed by atoms with E-state index in [1.165, 1.54) is 116 Å². The van der Waals surface area contributed by atoms with E-state index in [2.05, 4.69) is 42.3 Å². The van der Waals surface area contributed by atoms with E-state index in [1.54, 1.807) is 0 Å². The maximum absolute atomic E-state index is 12.8. The SMILES string of the molecule is CCCCC/C=C\CCCCCCCC(=O)OC(COCCCCCCCCCCCC/C=C\CCCCCCCC)COC1OC(CO)C(O)C(OS(=O)(=O)O)C1O. The molecule has 1 aliphatic rings. The molecule has 348 valence electrons. The van der Waals surface area contributed by atoms with Gasteiger partial charge in [0.2, 0.25) is 0 Å². The van der Waals surface area contributed by atoms with Crippen LogP contribution in [0.4, 0.5) is 0 Å². The average Bonchev–Trinajstić information content (AvgIpc) is 3.20. The second kappa shape index (κ2) is 38.3. The summed E-state index contributed by atoms with van der Waals surface area (Å²) in [6.07, 6.45) is 33.6. The highest BCUT2D eigenvalue weighted by molar-refractivity contribution is 7.80. The van der Waals surface area contributed by atoms with Crippen LogP contribution in [0.5, 0.6) is 0 Å². The van der Waals surface area contributed by atoms with E-state index in [9.17, 15) is 28.5 Å². The van der Waals surface area contributed by atoms with Gasteiger partial charge < -0.3 is 34.3 Å². The Balaban J connectivity index is 2.37. The molecule has 0 bridgehead atoms. The number of aliphatic hydroxyl groups is 3. The predicted molar refractivity (Wildman–Crippen MR) is 234 cm³/mol. The van der Waals surface area contributed by atoms with E-state index >= 15 is 0 Å². The number of ether oxygens (including phenoxy) is 4. The topological polar surface area (TPSA) is 178 Å². The Morgan fingerprint density at radius 2 is 1.07 bits per heavy atom. The van der Waals surface area contributed by atoms with Crippen LogP contribution in [-0.4, -0.2) is 97.5 Å². The Hall–Kier alpha value is -1.42. The second-order valence-electron chi connectivity index (χ2n) is 16.3. The second-order valence-corrected chi connectivity index (χ2v) is 17.4. The summed E-state index contributed by atoms with van der Waals surface area (Å²) >= 11 is 0. The molecule has 1 rings (SSSR count). The molecule has 0 aliphatic carbocycles. The van der Waals surface area contributed by atoms with Gasteiger partial charge in [0.15, 0.2) is 6.29 Å². The molecule has 0 aromatic heterocycles. The Labute approximate surface area is 359 Å². The molecular formula is C46H86O12S. The minimum Gasteiger partial charge on any atom is -0.457 e. The molecule has 0 aromatic carbocycles. The first-order valence-corrected chi connectivity index (χ1v) is 25.0. The Kier molecular flexibility index (Phi) is 36.1. The largest absolute Gasteiger partial charge is 0.457 e. The van der Waals surface area contributed by atoms with Crippen molar-refractivity contribution in [2.75, 3.05) is 26.4 Å². The lowest BCUT2D eigenvalue weighted by Crippen LogP contribution is -2.60. The molecule has 1 heterocycles. The highest BCUT2D eigenvalue weighted by atomic mass is 32.3. The first kappa shape index (κ1) is 55.6. The molecule has 0 amide bonds. The predicted octanol–water partition coefficient (Wildman–Crippen LogP) is 10.0. The molecule has 1 saturated heterocycles. The third-order valence-electron chi connectivity index (χ3n) is 10.8. The van der Waals surface area contributed by atoms with Crippen molar-refractivity contribution in [1.29, 1.82) is 0 Å². The van der Waals surface area contributed by atoms with Crippen LogP contribution in [-0.2, 0) is 38.3 Å². The zero-order valence-electron chi connectivity index (χ0n) is 37.1. The Morgan fingerprint density at radius 3 is 1.56 bits per heavy atom. The summed E-state index contributed by atoms with van der Waals surface area (Å²) in [5, 5.41) is 30.7. The van der Waals surface area contributed by atoms with Crippen molar-refractivity contribution in [2.45, 2.75) is 237 Å². The number of hydrogen-bond donors (Lipinski definition) is 4. The molecule has 13 heteroatoms. The zero-order chi connectivity index (χ0) is 43.2. The summed E-state index contributed by atoms with van der Waals surface area (Å²) in [6, 6.07) is 0. The third-order valence-corrected chi connectivity index (χ3v) is 11.3. The van der Waals surface area contributed by atoms with Gasteiger partial charge in [-0.3, -0.25) is 9.35 Å². The lowest BCUT2D eigenvalue weighted by Gasteiger charge is -2.41. The molecule has 4 N–H and O–H groups in total. The molecular weight excluding hydrogens is 777 g/mol. The van der Waals surface area contributed by atoms with Crippen molar-refractivity contribution >= 4 is 16.4 Å². The van der Waals surface area contributed by atoms with Gasteiger partial charge in [0, 0.05) is 13.0 Å². The average molecular weight is 863 g/mol. The van der Waals surface area contributed by atoms with Gasteiger partial charge >= 0.3 is 16.4 Å². The highest BCUT2D eigenvalue weighted by Gasteiger charge is 2.48. The van der Waals surface area contributed by atoms with Crippen LogP contribution < -0.4 is 0 Å². The summed E-state index contributed by atoms with van der Waals surface area (Å²) in [7, 11) is -5.06. The Morgan fingerprint density at radius 1 is 0.627 bits per heavy atom. The molecule has 59 heavy (non-hydrogen) atoms. The van der Waals surface area contributed by atoms with Crippen molar-refractivity contribution in [1.82, 2.24) is 0 Å². The zero-order valence-corrected chi connectivity index (χ0v) is 37.9. The van der Waals surface area contributed by atoms with E-state index in [1.807, 2.05) is 0 Å². The number of carbonyl (C=O) groups excluding carboxylic acids is 1. The maximum Gasteiger partial charge on any atom is 0.397 e. The number of carbonyl (C=O) groups is 1. The number of rotatable bonds is 41. The van der Waals surface area contributed by atoms with E-state index in [-0.39, 0.29) is 19.6 Å². The smallest absolute Gasteiger partial charge is 0.397 e. The summed E-state index contributed by atoms with van der Waals surface area (Å²) in [5.41, 5.74) is 0. The van der Waals surface area contributed by atoms with Gasteiger partial charge in [0.05, 0.1) is 19.8 Å². The van der Waals surface area contributed by atoms with Crippen molar-refractivity contribution in [2.24, 2.45) is 0 Å². The van der Waals surface area contributed by atoms with Gasteiger partial charge in [-0.25, -0.2) is 4.18 Å². The number of aliphatic hydroxyl groups excluding tert-OH is 3. The standard InChI is InChI=1S/C46H86O12S/c1-3-5-7-9-11-13-15-17-18-19-20-21-22-23-24-26-28-30-32-34-36-54-38-40(56-42(48)35-33-31-29-27-25-16-14-12-10-8-6-4-2)39-55-46-44(50)45(58-59(51,52)53)43(49)41(37-47)57-46/h12,14,17-18,40-41,43-47,49-50H,3-11,13,15-16,19-39H2,1-2H3,(H,51,52,53)/b14-12-,18-17-. The van der Waals surface area contributed by atoms with E-state index in [0.717, 1.165) is 57.8 Å². The van der Waals surface area contributed by atoms with Gasteiger partial charge in [0.1, 0.15) is 30.5 Å². The summed E-state index contributed by atoms with van der Waals surface area (Å²) in [6.45, 7) is 3.96. The van der Waals surface area contributed by atoms with Crippen LogP contribution in [0, 0.1) is 0 Å². The molecule has 0 radical (unpaired) electrons. The fourth-order valence-electron chi connectivity index (χ4n) is 7.19. The quantitative estimate of drug-likeness (QED) is 0.0198. The van der Waals surface area contributed by atoms with Crippen molar-refractivity contribution < 1.29 is 56.2 Å². The summed E-state index contributed by atoms with van der Waals surface area (Å²) < 4.78 is 59.0. The number of allylic oxidation sites excluding steroid dienone is 4. The van der Waals surface area contributed by atoms with E-state index < -0.39 is 59.8 Å². The fraction of sp³-hybridized carbons (Fsp3) is 0.891. The molecule has 1 aliphatic heterocycles. The summed E-state index contributed by atoms with van der Waals surface area (Å²) in [5.74, 6) is -0.408. The van der Waals surface area contributed by atoms with Gasteiger partial charge in [-0.1, -0.05) is 154 Å². The van der Waals surface area contributed by atoms with Crippen molar-refractivity contribution in [3.05, 3.63) is 24.3 Å². The van der Waals surface area contributed by atoms with E-state index in [0.29, 0.717) is 13.0 Å². The van der Waals surface area contributed by atoms with Gasteiger partial charge in [-0.15, -0.1) is 0 Å². The monoisotopic (exact) mass is 863 g/mol. The lowest BCUT2D eigenvalue weighted by atomic mass is 9.99. The number of hydrogen-bond acceptors (Lipinski definition) is 11. The number of unbranched alkanes of at least 4 members (excludes halogenated alkanes) is 24. The molecule has 6 unspecified atom stereocenters. The molecule has 6 atom stereocenters. The fourth-order valence-corrected chi connectivity index (χ4v) is 7.70. The number of esters is 1. The summed E-state index contributed by atoms with van der Waals surface area (Å²) in [4.78, 5) is 12.8. The third kappa shape index (κ3) is 32.0. The normalized spacial score (nSPS) is 20.5. The first-order valence-electron chi connectivity index (χ1n) is 23.6. The van der Waals surface area contributed by atoms with Crippen LogP contribution in [0.25, 0.3) is 0 Å². The highest BCUT2D eigenvalue weighted by Crippen LogP contribution is 2.26. The van der Waals surface area contributed by atoms with Gasteiger partial charge in [-0.2, -0.15) is 8.42 Å². The minimum atomic E-state index is -5.06. The van der Waals surface area contributed by atoms with Crippen LogP contribution in [0.15, 0.2) is 24.3 Å².